The number of rotatable bonds is 7. The van der Waals surface area contributed by atoms with Crippen molar-refractivity contribution in [3.63, 3.8) is 0 Å². The van der Waals surface area contributed by atoms with Crippen LogP contribution >= 0.6 is 0 Å². The summed E-state index contributed by atoms with van der Waals surface area (Å²) in [7, 11) is -2.33. The Morgan fingerprint density at radius 3 is 2.81 bits per heavy atom. The highest BCUT2D eigenvalue weighted by atomic mass is 32.2. The Bertz CT molecular complexity index is 756. The molecule has 2 N–H and O–H groups in total. The molecule has 0 saturated carbocycles. The van der Waals surface area contributed by atoms with Crippen LogP contribution in [0, 0.1) is 5.92 Å². The van der Waals surface area contributed by atoms with Crippen LogP contribution in [-0.4, -0.2) is 71.7 Å². The van der Waals surface area contributed by atoms with Gasteiger partial charge in [0.25, 0.3) is 5.91 Å². The van der Waals surface area contributed by atoms with E-state index in [0.29, 0.717) is 31.2 Å². The number of ether oxygens (including phenoxy) is 2. The van der Waals surface area contributed by atoms with E-state index in [1.54, 1.807) is 6.07 Å². The molecule has 1 unspecified atom stereocenters. The van der Waals surface area contributed by atoms with Crippen LogP contribution < -0.4 is 15.4 Å². The average molecular weight is 397 g/mol. The molecule has 9 heteroatoms. The predicted molar refractivity (Wildman–Crippen MR) is 100 cm³/mol. The maximum absolute atomic E-state index is 13.0. The Labute approximate surface area is 160 Å². The first kappa shape index (κ1) is 20.1. The minimum Gasteiger partial charge on any atom is -0.495 e. The summed E-state index contributed by atoms with van der Waals surface area (Å²) in [6, 6.07) is 4.52. The lowest BCUT2D eigenvalue weighted by molar-refractivity contribution is 0.0729. The number of carbonyl (C=O) groups excluding carboxylic acids is 1. The molecule has 2 saturated heterocycles. The largest absolute Gasteiger partial charge is 0.495 e. The van der Waals surface area contributed by atoms with Crippen molar-refractivity contribution in [1.82, 2.24) is 14.9 Å². The highest BCUT2D eigenvalue weighted by Gasteiger charge is 2.30. The van der Waals surface area contributed by atoms with Gasteiger partial charge in [0, 0.05) is 25.2 Å². The third-order valence-electron chi connectivity index (χ3n) is 5.01. The minimum atomic E-state index is -3.75. The van der Waals surface area contributed by atoms with Crippen LogP contribution in [0.4, 0.5) is 0 Å². The zero-order chi connectivity index (χ0) is 19.3. The van der Waals surface area contributed by atoms with E-state index in [4.69, 9.17) is 9.47 Å². The van der Waals surface area contributed by atoms with Gasteiger partial charge in [-0.05, 0) is 50.0 Å². The van der Waals surface area contributed by atoms with E-state index in [1.807, 2.05) is 0 Å². The smallest absolute Gasteiger partial charge is 0.251 e. The van der Waals surface area contributed by atoms with Crippen LogP contribution in [0.25, 0.3) is 0 Å². The number of hydrogen-bond donors (Lipinski definition) is 2. The molecule has 1 aromatic rings. The van der Waals surface area contributed by atoms with Gasteiger partial charge >= 0.3 is 0 Å². The molecule has 150 valence electrons. The highest BCUT2D eigenvalue weighted by molar-refractivity contribution is 7.89. The lowest BCUT2D eigenvalue weighted by Crippen LogP contribution is -2.40. The molecule has 27 heavy (non-hydrogen) atoms. The second-order valence-electron chi connectivity index (χ2n) is 6.79. The number of benzene rings is 1. The zero-order valence-electron chi connectivity index (χ0n) is 15.6. The number of carbonyl (C=O) groups is 1. The Balaban J connectivity index is 1.73. The van der Waals surface area contributed by atoms with E-state index in [1.165, 1.54) is 23.5 Å². The van der Waals surface area contributed by atoms with Crippen LogP contribution in [-0.2, 0) is 14.8 Å². The van der Waals surface area contributed by atoms with Crippen molar-refractivity contribution in [3.8, 4) is 5.75 Å². The van der Waals surface area contributed by atoms with Crippen molar-refractivity contribution in [2.75, 3.05) is 53.0 Å². The van der Waals surface area contributed by atoms with Crippen molar-refractivity contribution in [2.45, 2.75) is 17.7 Å². The monoisotopic (exact) mass is 397 g/mol. The maximum Gasteiger partial charge on any atom is 0.251 e. The van der Waals surface area contributed by atoms with Gasteiger partial charge in [-0.1, -0.05) is 0 Å². The summed E-state index contributed by atoms with van der Waals surface area (Å²) in [6.45, 7) is 3.88. The standard InChI is InChI=1S/C18H27N3O5S/c1-25-16-3-2-15(18(22)20-7-5-14-4-6-19-13-14)12-17(16)27(23,24)21-8-10-26-11-9-21/h2-3,12,14,19H,4-11,13H2,1H3,(H,20,22). The van der Waals surface area contributed by atoms with E-state index in [0.717, 1.165) is 25.9 Å². The van der Waals surface area contributed by atoms with Crippen LogP contribution in [0.15, 0.2) is 23.1 Å². The number of methoxy groups -OCH3 is 1. The molecule has 2 heterocycles. The Morgan fingerprint density at radius 2 is 2.15 bits per heavy atom. The van der Waals surface area contributed by atoms with Gasteiger partial charge in [-0.3, -0.25) is 4.79 Å². The fourth-order valence-electron chi connectivity index (χ4n) is 3.40. The van der Waals surface area contributed by atoms with Crippen molar-refractivity contribution in [2.24, 2.45) is 5.92 Å². The lowest BCUT2D eigenvalue weighted by Gasteiger charge is -2.26. The first-order valence-corrected chi connectivity index (χ1v) is 10.7. The van der Waals surface area contributed by atoms with Gasteiger partial charge in [0.05, 0.1) is 20.3 Å². The third kappa shape index (κ3) is 4.78. The van der Waals surface area contributed by atoms with Gasteiger partial charge < -0.3 is 20.1 Å². The molecule has 1 atom stereocenters. The minimum absolute atomic E-state index is 0.0135. The average Bonchev–Trinajstić information content (AvgIpc) is 3.21. The number of nitrogens with one attached hydrogen (secondary N) is 2. The Morgan fingerprint density at radius 1 is 1.37 bits per heavy atom. The quantitative estimate of drug-likeness (QED) is 0.693. The van der Waals surface area contributed by atoms with Crippen molar-refractivity contribution < 1.29 is 22.7 Å². The summed E-state index contributed by atoms with van der Waals surface area (Å²) in [5, 5.41) is 6.19. The SMILES string of the molecule is COc1ccc(C(=O)NCCC2CCNC2)cc1S(=O)(=O)N1CCOCC1. The Hall–Kier alpha value is -1.68. The van der Waals surface area contributed by atoms with Crippen molar-refractivity contribution in [3.05, 3.63) is 23.8 Å². The molecule has 2 aliphatic heterocycles. The number of sulfonamides is 1. The normalized spacial score (nSPS) is 21.1. The molecule has 1 aromatic carbocycles. The molecule has 0 spiro atoms. The van der Waals surface area contributed by atoms with Crippen molar-refractivity contribution in [1.29, 1.82) is 0 Å². The van der Waals surface area contributed by atoms with E-state index < -0.39 is 10.0 Å². The van der Waals surface area contributed by atoms with Crippen LogP contribution in [0.3, 0.4) is 0 Å². The molecule has 0 radical (unpaired) electrons. The molecule has 2 aliphatic rings. The number of amides is 1. The van der Waals surface area contributed by atoms with Crippen LogP contribution in [0.2, 0.25) is 0 Å². The Kier molecular flexibility index (Phi) is 6.69. The molecule has 2 fully saturated rings. The van der Waals surface area contributed by atoms with E-state index in [2.05, 4.69) is 10.6 Å². The summed E-state index contributed by atoms with van der Waals surface area (Å²) in [4.78, 5) is 12.5. The topological polar surface area (TPSA) is 97.0 Å². The second kappa shape index (κ2) is 9.01. The molecule has 1 amide bonds. The molecule has 0 aromatic heterocycles. The van der Waals surface area contributed by atoms with Crippen LogP contribution in [0.5, 0.6) is 5.75 Å². The van der Waals surface area contributed by atoms with Gasteiger partial charge in [-0.2, -0.15) is 4.31 Å². The van der Waals surface area contributed by atoms with Gasteiger partial charge in [0.15, 0.2) is 0 Å². The van der Waals surface area contributed by atoms with Crippen molar-refractivity contribution >= 4 is 15.9 Å². The summed E-state index contributed by atoms with van der Waals surface area (Å²) in [5.74, 6) is 0.538. The molecular formula is C18H27N3O5S. The molecule has 3 rings (SSSR count). The summed E-state index contributed by atoms with van der Waals surface area (Å²) >= 11 is 0. The molecular weight excluding hydrogens is 370 g/mol. The van der Waals surface area contributed by atoms with E-state index in [9.17, 15) is 13.2 Å². The highest BCUT2D eigenvalue weighted by Crippen LogP contribution is 2.28. The fraction of sp³-hybridized carbons (Fsp3) is 0.611. The van der Waals surface area contributed by atoms with Gasteiger partial charge in [0.2, 0.25) is 10.0 Å². The van der Waals surface area contributed by atoms with Crippen LogP contribution in [0.1, 0.15) is 23.2 Å². The summed E-state index contributed by atoms with van der Waals surface area (Å²) in [6.07, 6.45) is 2.04. The summed E-state index contributed by atoms with van der Waals surface area (Å²) < 4.78 is 37.8. The summed E-state index contributed by atoms with van der Waals surface area (Å²) in [5.41, 5.74) is 0.312. The predicted octanol–water partition coefficient (Wildman–Crippen LogP) is 0.446. The van der Waals surface area contributed by atoms with E-state index >= 15 is 0 Å². The fourth-order valence-corrected chi connectivity index (χ4v) is 4.99. The second-order valence-corrected chi connectivity index (χ2v) is 8.69. The zero-order valence-corrected chi connectivity index (χ0v) is 16.4. The van der Waals surface area contributed by atoms with Gasteiger partial charge in [0.1, 0.15) is 10.6 Å². The number of hydrogen-bond acceptors (Lipinski definition) is 6. The molecule has 0 aliphatic carbocycles. The number of nitrogens with zero attached hydrogens (tertiary/aromatic N) is 1. The molecule has 0 bridgehead atoms. The maximum atomic E-state index is 13.0. The van der Waals surface area contributed by atoms with E-state index in [-0.39, 0.29) is 29.6 Å². The first-order chi connectivity index (χ1) is 13.0. The lowest BCUT2D eigenvalue weighted by atomic mass is 10.1. The van der Waals surface area contributed by atoms with Gasteiger partial charge in [-0.25, -0.2) is 8.42 Å². The first-order valence-electron chi connectivity index (χ1n) is 9.27. The molecule has 8 nitrogen and oxygen atoms in total. The third-order valence-corrected chi connectivity index (χ3v) is 6.93. The number of morpholine rings is 1. The van der Waals surface area contributed by atoms with Gasteiger partial charge in [-0.15, -0.1) is 0 Å².